The maximum Gasteiger partial charge on any atom is 0.255 e. The van der Waals surface area contributed by atoms with Gasteiger partial charge in [0, 0.05) is 22.3 Å². The van der Waals surface area contributed by atoms with Crippen LogP contribution in [-0.2, 0) is 6.54 Å². The highest BCUT2D eigenvalue weighted by atomic mass is 79.9. The summed E-state index contributed by atoms with van der Waals surface area (Å²) in [6, 6.07) is 13.6. The average Bonchev–Trinajstić information content (AvgIpc) is 2.39. The Morgan fingerprint density at radius 1 is 1.14 bits per heavy atom. The molecule has 0 aromatic heterocycles. The van der Waals surface area contributed by atoms with Crippen molar-refractivity contribution in [3.8, 4) is 0 Å². The molecule has 0 aliphatic carbocycles. The summed E-state index contributed by atoms with van der Waals surface area (Å²) in [7, 11) is 4.07. The lowest BCUT2D eigenvalue weighted by Gasteiger charge is -2.11. The topological polar surface area (TPSA) is 32.3 Å². The molecule has 3 nitrogen and oxygen atoms in total. The second-order valence-corrected chi connectivity index (χ2v) is 6.32. The quantitative estimate of drug-likeness (QED) is 0.904. The number of hydrogen-bond acceptors (Lipinski definition) is 2. The molecule has 2 aromatic rings. The fourth-order valence-corrected chi connectivity index (χ4v) is 2.74. The fourth-order valence-electron chi connectivity index (χ4n) is 2.13. The van der Waals surface area contributed by atoms with Crippen LogP contribution in [0.25, 0.3) is 0 Å². The SMILES string of the molecule is Cc1cc(Br)cc(C(=O)Nc2ccc(CN(C)C)cc2)c1. The average molecular weight is 347 g/mol. The minimum absolute atomic E-state index is 0.0974. The van der Waals surface area contributed by atoms with Crippen molar-refractivity contribution in [2.75, 3.05) is 19.4 Å². The van der Waals surface area contributed by atoms with Gasteiger partial charge < -0.3 is 10.2 Å². The summed E-state index contributed by atoms with van der Waals surface area (Å²) in [5, 5.41) is 2.92. The third-order valence-corrected chi connectivity index (χ3v) is 3.47. The summed E-state index contributed by atoms with van der Waals surface area (Å²) < 4.78 is 0.911. The normalized spacial score (nSPS) is 10.7. The number of carbonyl (C=O) groups excluding carboxylic acids is 1. The van der Waals surface area contributed by atoms with E-state index in [9.17, 15) is 4.79 Å². The third kappa shape index (κ3) is 4.69. The van der Waals surface area contributed by atoms with Gasteiger partial charge in [-0.1, -0.05) is 28.1 Å². The van der Waals surface area contributed by atoms with Crippen LogP contribution in [0.3, 0.4) is 0 Å². The lowest BCUT2D eigenvalue weighted by molar-refractivity contribution is 0.102. The third-order valence-electron chi connectivity index (χ3n) is 3.01. The van der Waals surface area contributed by atoms with Gasteiger partial charge in [0.05, 0.1) is 0 Å². The van der Waals surface area contributed by atoms with Crippen molar-refractivity contribution >= 4 is 27.5 Å². The number of amides is 1. The fraction of sp³-hybridized carbons (Fsp3) is 0.235. The number of rotatable bonds is 4. The first kappa shape index (κ1) is 15.7. The van der Waals surface area contributed by atoms with Gasteiger partial charge >= 0.3 is 0 Å². The summed E-state index contributed by atoms with van der Waals surface area (Å²) in [6.45, 7) is 2.86. The summed E-state index contributed by atoms with van der Waals surface area (Å²) in [6.07, 6.45) is 0. The number of aryl methyl sites for hydroxylation is 1. The second kappa shape index (κ2) is 6.87. The van der Waals surface area contributed by atoms with Crippen LogP contribution in [0, 0.1) is 6.92 Å². The molecule has 0 unspecified atom stereocenters. The maximum absolute atomic E-state index is 12.2. The van der Waals surface area contributed by atoms with Crippen LogP contribution in [0.4, 0.5) is 5.69 Å². The highest BCUT2D eigenvalue weighted by Gasteiger charge is 2.07. The van der Waals surface area contributed by atoms with Crippen LogP contribution < -0.4 is 5.32 Å². The summed E-state index contributed by atoms with van der Waals surface area (Å²) in [5.74, 6) is -0.0974. The molecule has 21 heavy (non-hydrogen) atoms. The van der Waals surface area contributed by atoms with E-state index < -0.39 is 0 Å². The molecule has 0 bridgehead atoms. The molecule has 0 spiro atoms. The van der Waals surface area contributed by atoms with Crippen molar-refractivity contribution in [1.29, 1.82) is 0 Å². The van der Waals surface area contributed by atoms with Gasteiger partial charge in [0.25, 0.3) is 5.91 Å². The second-order valence-electron chi connectivity index (χ2n) is 5.41. The van der Waals surface area contributed by atoms with Crippen molar-refractivity contribution in [3.63, 3.8) is 0 Å². The van der Waals surface area contributed by atoms with E-state index in [0.29, 0.717) is 5.56 Å². The van der Waals surface area contributed by atoms with Crippen LogP contribution in [0.15, 0.2) is 46.9 Å². The number of benzene rings is 2. The summed E-state index contributed by atoms with van der Waals surface area (Å²) in [4.78, 5) is 14.4. The maximum atomic E-state index is 12.2. The molecule has 0 aliphatic heterocycles. The van der Waals surface area contributed by atoms with Crippen molar-refractivity contribution in [2.24, 2.45) is 0 Å². The zero-order valence-corrected chi connectivity index (χ0v) is 14.1. The van der Waals surface area contributed by atoms with Crippen LogP contribution in [0.2, 0.25) is 0 Å². The number of hydrogen-bond donors (Lipinski definition) is 1. The highest BCUT2D eigenvalue weighted by molar-refractivity contribution is 9.10. The molecule has 2 aromatic carbocycles. The number of carbonyl (C=O) groups is 1. The van der Waals surface area contributed by atoms with Gasteiger partial charge in [-0.05, 0) is 62.5 Å². The lowest BCUT2D eigenvalue weighted by atomic mass is 10.1. The molecule has 2 rings (SSSR count). The van der Waals surface area contributed by atoms with E-state index in [2.05, 4.69) is 26.1 Å². The molecule has 0 fully saturated rings. The molecular formula is C17H19BrN2O. The number of anilines is 1. The van der Waals surface area contributed by atoms with E-state index in [1.165, 1.54) is 5.56 Å². The van der Waals surface area contributed by atoms with Crippen LogP contribution in [0.1, 0.15) is 21.5 Å². The standard InChI is InChI=1S/C17H19BrN2O/c1-12-8-14(10-15(18)9-12)17(21)19-16-6-4-13(5-7-16)11-20(2)3/h4-10H,11H2,1-3H3,(H,19,21). The first-order valence-corrected chi connectivity index (χ1v) is 7.55. The zero-order chi connectivity index (χ0) is 15.4. The Kier molecular flexibility index (Phi) is 5.15. The molecule has 1 N–H and O–H groups in total. The summed E-state index contributed by atoms with van der Waals surface area (Å²) >= 11 is 3.41. The molecule has 1 amide bonds. The molecule has 0 radical (unpaired) electrons. The highest BCUT2D eigenvalue weighted by Crippen LogP contribution is 2.17. The Hall–Kier alpha value is -1.65. The zero-order valence-electron chi connectivity index (χ0n) is 12.5. The number of halogens is 1. The van der Waals surface area contributed by atoms with Crippen molar-refractivity contribution in [1.82, 2.24) is 4.90 Å². The molecular weight excluding hydrogens is 328 g/mol. The van der Waals surface area contributed by atoms with Gasteiger partial charge in [0.2, 0.25) is 0 Å². The molecule has 0 saturated carbocycles. The molecule has 0 heterocycles. The molecule has 110 valence electrons. The van der Waals surface area contributed by atoms with Crippen molar-refractivity contribution in [3.05, 3.63) is 63.6 Å². The van der Waals surface area contributed by atoms with Crippen molar-refractivity contribution < 1.29 is 4.79 Å². The van der Waals surface area contributed by atoms with Gasteiger partial charge in [-0.2, -0.15) is 0 Å². The lowest BCUT2D eigenvalue weighted by Crippen LogP contribution is -2.13. The van der Waals surface area contributed by atoms with E-state index in [1.807, 2.05) is 63.5 Å². The van der Waals surface area contributed by atoms with E-state index in [4.69, 9.17) is 0 Å². The largest absolute Gasteiger partial charge is 0.322 e. The predicted octanol–water partition coefficient (Wildman–Crippen LogP) is 4.07. The number of nitrogens with one attached hydrogen (secondary N) is 1. The van der Waals surface area contributed by atoms with Crippen molar-refractivity contribution in [2.45, 2.75) is 13.5 Å². The number of nitrogens with zero attached hydrogens (tertiary/aromatic N) is 1. The minimum atomic E-state index is -0.0974. The summed E-state index contributed by atoms with van der Waals surface area (Å²) in [5.41, 5.74) is 3.73. The molecule has 0 saturated heterocycles. The van der Waals surface area contributed by atoms with Crippen LogP contribution in [-0.4, -0.2) is 24.9 Å². The van der Waals surface area contributed by atoms with Gasteiger partial charge in [0.1, 0.15) is 0 Å². The van der Waals surface area contributed by atoms with E-state index >= 15 is 0 Å². The first-order valence-electron chi connectivity index (χ1n) is 6.76. The monoisotopic (exact) mass is 346 g/mol. The van der Waals surface area contributed by atoms with Gasteiger partial charge in [-0.25, -0.2) is 0 Å². The Bertz CT molecular complexity index is 615. The smallest absolute Gasteiger partial charge is 0.255 e. The van der Waals surface area contributed by atoms with Crippen LogP contribution >= 0.6 is 15.9 Å². The molecule has 4 heteroatoms. The van der Waals surface area contributed by atoms with E-state index in [0.717, 1.165) is 22.3 Å². The minimum Gasteiger partial charge on any atom is -0.322 e. The van der Waals surface area contributed by atoms with Gasteiger partial charge in [-0.15, -0.1) is 0 Å². The van der Waals surface area contributed by atoms with E-state index in [1.54, 1.807) is 0 Å². The Morgan fingerprint density at radius 2 is 1.81 bits per heavy atom. The first-order chi connectivity index (χ1) is 9.94. The Balaban J connectivity index is 2.08. The Morgan fingerprint density at radius 3 is 2.38 bits per heavy atom. The predicted molar refractivity (Wildman–Crippen MR) is 90.7 cm³/mol. The Labute approximate surface area is 134 Å². The molecule has 0 aliphatic rings. The van der Waals surface area contributed by atoms with Gasteiger partial charge in [-0.3, -0.25) is 4.79 Å². The van der Waals surface area contributed by atoms with Crippen LogP contribution in [0.5, 0.6) is 0 Å². The van der Waals surface area contributed by atoms with E-state index in [-0.39, 0.29) is 5.91 Å². The van der Waals surface area contributed by atoms with Gasteiger partial charge in [0.15, 0.2) is 0 Å². The molecule has 0 atom stereocenters.